The molecule has 0 heterocycles. The van der Waals surface area contributed by atoms with Crippen LogP contribution in [0.1, 0.15) is 71.1 Å². The summed E-state index contributed by atoms with van der Waals surface area (Å²) in [5, 5.41) is 3.02. The van der Waals surface area contributed by atoms with Crippen molar-refractivity contribution in [3.05, 3.63) is 0 Å². The summed E-state index contributed by atoms with van der Waals surface area (Å²) >= 11 is 0. The second-order valence-electron chi connectivity index (χ2n) is 5.13. The summed E-state index contributed by atoms with van der Waals surface area (Å²) in [7, 11) is 0. The van der Waals surface area contributed by atoms with E-state index in [-0.39, 0.29) is 5.91 Å². The average Bonchev–Trinajstić information content (AvgIpc) is 2.25. The molecule has 0 aliphatic heterocycles. The fourth-order valence-electron chi connectivity index (χ4n) is 2.48. The first-order valence-corrected chi connectivity index (χ1v) is 6.97. The van der Waals surface area contributed by atoms with E-state index < -0.39 is 0 Å². The zero-order valence-corrected chi connectivity index (χ0v) is 11.0. The number of carbonyl (C=O) groups is 2. The molecule has 17 heavy (non-hydrogen) atoms. The fourth-order valence-corrected chi connectivity index (χ4v) is 2.48. The molecule has 0 bridgehead atoms. The normalized spacial score (nSPS) is 24.5. The lowest BCUT2D eigenvalue weighted by atomic mass is 9.97. The van der Waals surface area contributed by atoms with Crippen LogP contribution in [0.5, 0.6) is 0 Å². The molecule has 3 heteroatoms. The maximum atomic E-state index is 11.5. The number of Topliss-reactive ketones (excluding diaryl/α,β-unsaturated/α-hetero) is 1. The average molecular weight is 239 g/mol. The van der Waals surface area contributed by atoms with Crippen LogP contribution in [-0.2, 0) is 9.59 Å². The van der Waals surface area contributed by atoms with E-state index in [0.29, 0.717) is 11.8 Å². The van der Waals surface area contributed by atoms with Crippen LogP contribution in [0.2, 0.25) is 0 Å². The molecular formula is C14H25NO2. The zero-order valence-electron chi connectivity index (χ0n) is 11.0. The van der Waals surface area contributed by atoms with E-state index in [1.807, 2.05) is 0 Å². The highest BCUT2D eigenvalue weighted by Crippen LogP contribution is 2.15. The Morgan fingerprint density at radius 3 is 2.18 bits per heavy atom. The maximum Gasteiger partial charge on any atom is 0.217 e. The minimum absolute atomic E-state index is 0.0678. The minimum Gasteiger partial charge on any atom is -0.354 e. The molecule has 0 saturated heterocycles. The standard InChI is InChI=1S/C14H25NO2/c1-12(16)15-13-8-4-2-3-5-10-14(17)11-7-6-9-13/h13H,2-11H2,1H3,(H,15,16)/t13-/m0/s1. The molecule has 0 radical (unpaired) electrons. The van der Waals surface area contributed by atoms with Crippen molar-refractivity contribution in [2.24, 2.45) is 0 Å². The van der Waals surface area contributed by atoms with E-state index in [1.54, 1.807) is 6.92 Å². The molecule has 3 nitrogen and oxygen atoms in total. The van der Waals surface area contributed by atoms with E-state index in [1.165, 1.54) is 12.8 Å². The van der Waals surface area contributed by atoms with Crippen molar-refractivity contribution >= 4 is 11.7 Å². The quantitative estimate of drug-likeness (QED) is 0.764. The molecule has 0 aromatic carbocycles. The number of hydrogen-bond acceptors (Lipinski definition) is 2. The Hall–Kier alpha value is -0.860. The largest absolute Gasteiger partial charge is 0.354 e. The van der Waals surface area contributed by atoms with Crippen molar-refractivity contribution in [1.29, 1.82) is 0 Å². The topological polar surface area (TPSA) is 46.2 Å². The van der Waals surface area contributed by atoms with Gasteiger partial charge < -0.3 is 5.32 Å². The van der Waals surface area contributed by atoms with Crippen molar-refractivity contribution in [2.45, 2.75) is 77.2 Å². The van der Waals surface area contributed by atoms with Gasteiger partial charge in [0.25, 0.3) is 0 Å². The van der Waals surface area contributed by atoms with Crippen LogP contribution in [-0.4, -0.2) is 17.7 Å². The Morgan fingerprint density at radius 1 is 1.00 bits per heavy atom. The summed E-state index contributed by atoms with van der Waals surface area (Å²) in [6.45, 7) is 1.58. The first-order chi connectivity index (χ1) is 8.18. The number of carbonyl (C=O) groups excluding carboxylic acids is 2. The van der Waals surface area contributed by atoms with E-state index in [2.05, 4.69) is 5.32 Å². The summed E-state index contributed by atoms with van der Waals surface area (Å²) < 4.78 is 0. The van der Waals surface area contributed by atoms with Gasteiger partial charge in [0.05, 0.1) is 0 Å². The molecule has 0 aromatic rings. The van der Waals surface area contributed by atoms with Gasteiger partial charge in [-0.25, -0.2) is 0 Å². The summed E-state index contributed by atoms with van der Waals surface area (Å²) in [6.07, 6.45) is 10.2. The van der Waals surface area contributed by atoms with E-state index >= 15 is 0 Å². The molecule has 98 valence electrons. The van der Waals surface area contributed by atoms with Crippen LogP contribution >= 0.6 is 0 Å². The summed E-state index contributed by atoms with van der Waals surface area (Å²) in [6, 6.07) is 0.321. The third kappa shape index (κ3) is 7.14. The van der Waals surface area contributed by atoms with Crippen molar-refractivity contribution in [2.75, 3.05) is 0 Å². The van der Waals surface area contributed by atoms with Crippen LogP contribution in [0.4, 0.5) is 0 Å². The van der Waals surface area contributed by atoms with Crippen molar-refractivity contribution in [3.63, 3.8) is 0 Å². The molecule has 0 spiro atoms. The highest BCUT2D eigenvalue weighted by Gasteiger charge is 2.11. The Morgan fingerprint density at radius 2 is 1.53 bits per heavy atom. The molecule has 0 unspecified atom stereocenters. The third-order valence-electron chi connectivity index (χ3n) is 3.42. The zero-order chi connectivity index (χ0) is 12.5. The van der Waals surface area contributed by atoms with Crippen LogP contribution in [0.15, 0.2) is 0 Å². The Balaban J connectivity index is 2.35. The smallest absolute Gasteiger partial charge is 0.217 e. The molecule has 1 rings (SSSR count). The molecule has 1 atom stereocenters. The number of nitrogens with one attached hydrogen (secondary N) is 1. The highest BCUT2D eigenvalue weighted by atomic mass is 16.1. The van der Waals surface area contributed by atoms with Gasteiger partial charge in [-0.1, -0.05) is 25.7 Å². The molecule has 1 fully saturated rings. The number of amides is 1. The van der Waals surface area contributed by atoms with Gasteiger partial charge in [0, 0.05) is 25.8 Å². The molecule has 1 amide bonds. The van der Waals surface area contributed by atoms with Gasteiger partial charge in [0.2, 0.25) is 5.91 Å². The van der Waals surface area contributed by atoms with Crippen LogP contribution in [0, 0.1) is 0 Å². The molecule has 1 aliphatic carbocycles. The van der Waals surface area contributed by atoms with E-state index in [9.17, 15) is 9.59 Å². The minimum atomic E-state index is 0.0678. The van der Waals surface area contributed by atoms with Crippen molar-refractivity contribution in [1.82, 2.24) is 5.32 Å². The van der Waals surface area contributed by atoms with E-state index in [4.69, 9.17) is 0 Å². The molecule has 1 aliphatic rings. The van der Waals surface area contributed by atoms with Gasteiger partial charge in [-0.05, 0) is 25.7 Å². The van der Waals surface area contributed by atoms with Crippen LogP contribution < -0.4 is 5.32 Å². The molecular weight excluding hydrogens is 214 g/mol. The molecule has 1 N–H and O–H groups in total. The first-order valence-electron chi connectivity index (χ1n) is 6.97. The second kappa shape index (κ2) is 8.26. The van der Waals surface area contributed by atoms with Crippen molar-refractivity contribution < 1.29 is 9.59 Å². The second-order valence-corrected chi connectivity index (χ2v) is 5.13. The van der Waals surface area contributed by atoms with Gasteiger partial charge in [-0.15, -0.1) is 0 Å². The number of hydrogen-bond donors (Lipinski definition) is 1. The molecule has 0 aromatic heterocycles. The SMILES string of the molecule is CC(=O)N[C@H]1CCCCCCC(=O)CCCC1. The third-order valence-corrected chi connectivity index (χ3v) is 3.42. The van der Waals surface area contributed by atoms with Gasteiger partial charge in [0.1, 0.15) is 5.78 Å². The summed E-state index contributed by atoms with van der Waals surface area (Å²) in [4.78, 5) is 22.6. The van der Waals surface area contributed by atoms with Gasteiger partial charge >= 0.3 is 0 Å². The Kier molecular flexibility index (Phi) is 6.90. The Bertz CT molecular complexity index is 251. The summed E-state index contributed by atoms with van der Waals surface area (Å²) in [5.74, 6) is 0.486. The maximum absolute atomic E-state index is 11.5. The fraction of sp³-hybridized carbons (Fsp3) is 0.857. The predicted octanol–water partition coefficient (Wildman–Crippen LogP) is 2.97. The lowest BCUT2D eigenvalue weighted by Gasteiger charge is -2.18. The molecule has 1 saturated carbocycles. The monoisotopic (exact) mass is 239 g/mol. The Labute approximate surface area is 104 Å². The van der Waals surface area contributed by atoms with Gasteiger partial charge in [0.15, 0.2) is 0 Å². The predicted molar refractivity (Wildman–Crippen MR) is 68.8 cm³/mol. The highest BCUT2D eigenvalue weighted by molar-refractivity contribution is 5.78. The van der Waals surface area contributed by atoms with Crippen LogP contribution in [0.25, 0.3) is 0 Å². The number of ketones is 1. The summed E-state index contributed by atoms with van der Waals surface area (Å²) in [5.41, 5.74) is 0. The number of rotatable bonds is 1. The van der Waals surface area contributed by atoms with Gasteiger partial charge in [-0.3, -0.25) is 9.59 Å². The first kappa shape index (κ1) is 14.2. The van der Waals surface area contributed by atoms with E-state index in [0.717, 1.165) is 51.4 Å². The van der Waals surface area contributed by atoms with Crippen molar-refractivity contribution in [3.8, 4) is 0 Å². The lowest BCUT2D eigenvalue weighted by molar-refractivity contribution is -0.120. The van der Waals surface area contributed by atoms with Crippen LogP contribution in [0.3, 0.4) is 0 Å². The van der Waals surface area contributed by atoms with Gasteiger partial charge in [-0.2, -0.15) is 0 Å². The lowest BCUT2D eigenvalue weighted by Crippen LogP contribution is -2.33.